The number of fused-ring (bicyclic) bond motifs is 1. The molecule has 0 saturated heterocycles. The summed E-state index contributed by atoms with van der Waals surface area (Å²) in [6.07, 6.45) is 2.30. The van der Waals surface area contributed by atoms with Crippen molar-refractivity contribution >= 4 is 40.0 Å². The maximum absolute atomic E-state index is 12.5. The number of nitrogens with one attached hydrogen (secondary N) is 2. The van der Waals surface area contributed by atoms with Gasteiger partial charge in [-0.2, -0.15) is 0 Å². The predicted molar refractivity (Wildman–Crippen MR) is 104 cm³/mol. The van der Waals surface area contributed by atoms with Crippen molar-refractivity contribution in [3.8, 4) is 0 Å². The molecule has 1 atom stereocenters. The number of hydrogen-bond acceptors (Lipinski definition) is 4. The number of rotatable bonds is 5. The third kappa shape index (κ3) is 3.40. The van der Waals surface area contributed by atoms with Gasteiger partial charge in [0.25, 0.3) is 0 Å². The van der Waals surface area contributed by atoms with Crippen molar-refractivity contribution in [1.82, 2.24) is 4.98 Å². The number of halogens is 1. The minimum atomic E-state index is -0.416. The topological polar surface area (TPSA) is 67.2 Å². The van der Waals surface area contributed by atoms with Crippen LogP contribution in [0.25, 0.3) is 11.1 Å². The Morgan fingerprint density at radius 1 is 1.31 bits per heavy atom. The molecule has 0 spiro atoms. The predicted octanol–water partition coefficient (Wildman–Crippen LogP) is 5.11. The zero-order valence-electron chi connectivity index (χ0n) is 14.7. The monoisotopic (exact) mass is 369 g/mol. The number of oxazole rings is 1. The molecule has 3 aromatic rings. The standard InChI is InChI=1S/C20H20ClN3O2/c1-11-15(21)4-3-5-16(11)23-19(25)12(2)22-14-8-9-18-17(10-14)24-20(26-18)13-6-7-13/h3-5,8-10,12-13,22H,6-7H2,1-2H3,(H,23,25)/t12-/m1/s1. The summed E-state index contributed by atoms with van der Waals surface area (Å²) in [5.74, 6) is 1.16. The summed E-state index contributed by atoms with van der Waals surface area (Å²) in [5, 5.41) is 6.76. The highest BCUT2D eigenvalue weighted by atomic mass is 35.5. The number of nitrogens with zero attached hydrogens (tertiary/aromatic N) is 1. The Balaban J connectivity index is 1.46. The SMILES string of the molecule is Cc1c(Cl)cccc1NC(=O)[C@@H](C)Nc1ccc2oc(C3CC3)nc2c1. The Bertz CT molecular complexity index is 978. The van der Waals surface area contributed by atoms with Gasteiger partial charge in [0.1, 0.15) is 11.6 Å². The smallest absolute Gasteiger partial charge is 0.246 e. The molecule has 5 nitrogen and oxygen atoms in total. The first kappa shape index (κ1) is 16.9. The quantitative estimate of drug-likeness (QED) is 0.656. The number of benzene rings is 2. The molecule has 26 heavy (non-hydrogen) atoms. The molecule has 6 heteroatoms. The number of hydrogen-bond donors (Lipinski definition) is 2. The van der Waals surface area contributed by atoms with Crippen LogP contribution in [0, 0.1) is 6.92 Å². The molecule has 1 aliphatic rings. The molecule has 0 unspecified atom stereocenters. The summed E-state index contributed by atoms with van der Waals surface area (Å²) in [6.45, 7) is 3.70. The van der Waals surface area contributed by atoms with Crippen molar-refractivity contribution in [2.45, 2.75) is 38.6 Å². The van der Waals surface area contributed by atoms with E-state index in [0.29, 0.717) is 10.9 Å². The molecule has 1 aromatic heterocycles. The van der Waals surface area contributed by atoms with E-state index in [1.807, 2.05) is 44.2 Å². The van der Waals surface area contributed by atoms with E-state index in [0.717, 1.165) is 46.8 Å². The molecule has 0 aliphatic heterocycles. The van der Waals surface area contributed by atoms with Gasteiger partial charge in [-0.05, 0) is 62.6 Å². The van der Waals surface area contributed by atoms with Crippen LogP contribution in [0.4, 0.5) is 11.4 Å². The number of anilines is 2. The molecular weight excluding hydrogens is 350 g/mol. The molecule has 1 amide bonds. The Morgan fingerprint density at radius 2 is 2.12 bits per heavy atom. The van der Waals surface area contributed by atoms with Crippen molar-refractivity contribution < 1.29 is 9.21 Å². The maximum Gasteiger partial charge on any atom is 0.246 e. The Labute approximate surface area is 156 Å². The average molecular weight is 370 g/mol. The van der Waals surface area contributed by atoms with Gasteiger partial charge in [-0.15, -0.1) is 0 Å². The molecular formula is C20H20ClN3O2. The highest BCUT2D eigenvalue weighted by Gasteiger charge is 2.29. The first-order chi connectivity index (χ1) is 12.5. The highest BCUT2D eigenvalue weighted by Crippen LogP contribution is 2.40. The minimum Gasteiger partial charge on any atom is -0.440 e. The largest absolute Gasteiger partial charge is 0.440 e. The van der Waals surface area contributed by atoms with Gasteiger partial charge < -0.3 is 15.1 Å². The van der Waals surface area contributed by atoms with E-state index in [-0.39, 0.29) is 5.91 Å². The summed E-state index contributed by atoms with van der Waals surface area (Å²) in [7, 11) is 0. The summed E-state index contributed by atoms with van der Waals surface area (Å²) in [4.78, 5) is 17.0. The van der Waals surface area contributed by atoms with Gasteiger partial charge in [-0.1, -0.05) is 17.7 Å². The Morgan fingerprint density at radius 3 is 2.88 bits per heavy atom. The van der Waals surface area contributed by atoms with Gasteiger partial charge in [-0.25, -0.2) is 4.98 Å². The van der Waals surface area contributed by atoms with E-state index in [4.69, 9.17) is 16.0 Å². The molecule has 2 N–H and O–H groups in total. The van der Waals surface area contributed by atoms with Gasteiger partial charge in [0.05, 0.1) is 0 Å². The molecule has 134 valence electrons. The second kappa shape index (κ2) is 6.65. The molecule has 1 saturated carbocycles. The molecule has 1 heterocycles. The summed E-state index contributed by atoms with van der Waals surface area (Å²) in [5.41, 5.74) is 4.00. The maximum atomic E-state index is 12.5. The lowest BCUT2D eigenvalue weighted by molar-refractivity contribution is -0.116. The van der Waals surface area contributed by atoms with E-state index in [2.05, 4.69) is 15.6 Å². The zero-order chi connectivity index (χ0) is 18.3. The van der Waals surface area contributed by atoms with Crippen LogP contribution in [-0.4, -0.2) is 16.9 Å². The van der Waals surface area contributed by atoms with Crippen LogP contribution in [0.3, 0.4) is 0 Å². The normalized spacial score (nSPS) is 15.0. The van der Waals surface area contributed by atoms with E-state index >= 15 is 0 Å². The first-order valence-corrected chi connectivity index (χ1v) is 9.12. The van der Waals surface area contributed by atoms with Gasteiger partial charge in [0, 0.05) is 22.3 Å². The molecule has 4 rings (SSSR count). The second-order valence-corrected chi connectivity index (χ2v) is 7.18. The van der Waals surface area contributed by atoms with Crippen molar-refractivity contribution in [3.05, 3.63) is 52.9 Å². The van der Waals surface area contributed by atoms with E-state index in [1.54, 1.807) is 6.07 Å². The van der Waals surface area contributed by atoms with Crippen LogP contribution in [0.15, 0.2) is 40.8 Å². The van der Waals surface area contributed by atoms with E-state index in [1.165, 1.54) is 0 Å². The Hall–Kier alpha value is -2.53. The number of carbonyl (C=O) groups is 1. The fourth-order valence-corrected chi connectivity index (χ4v) is 3.01. The van der Waals surface area contributed by atoms with Gasteiger partial charge in [-0.3, -0.25) is 4.79 Å². The summed E-state index contributed by atoms with van der Waals surface area (Å²) < 4.78 is 5.77. The van der Waals surface area contributed by atoms with Crippen LogP contribution in [0.1, 0.15) is 37.1 Å². The van der Waals surface area contributed by atoms with Crippen LogP contribution < -0.4 is 10.6 Å². The number of amides is 1. The molecule has 1 fully saturated rings. The van der Waals surface area contributed by atoms with Gasteiger partial charge in [0.15, 0.2) is 11.5 Å². The number of aromatic nitrogens is 1. The number of carbonyl (C=O) groups excluding carboxylic acids is 1. The molecule has 1 aliphatic carbocycles. The molecule has 0 radical (unpaired) electrons. The summed E-state index contributed by atoms with van der Waals surface area (Å²) in [6, 6.07) is 10.8. The highest BCUT2D eigenvalue weighted by molar-refractivity contribution is 6.31. The average Bonchev–Trinajstić information content (AvgIpc) is 3.38. The summed E-state index contributed by atoms with van der Waals surface area (Å²) >= 11 is 6.11. The van der Waals surface area contributed by atoms with Gasteiger partial charge in [0.2, 0.25) is 5.91 Å². The molecule has 0 bridgehead atoms. The third-order valence-corrected chi connectivity index (χ3v) is 5.04. The van der Waals surface area contributed by atoms with Crippen molar-refractivity contribution in [2.24, 2.45) is 0 Å². The Kier molecular flexibility index (Phi) is 4.32. The van der Waals surface area contributed by atoms with Crippen molar-refractivity contribution in [3.63, 3.8) is 0 Å². The third-order valence-electron chi connectivity index (χ3n) is 4.63. The van der Waals surface area contributed by atoms with Crippen LogP contribution in [0.5, 0.6) is 0 Å². The lowest BCUT2D eigenvalue weighted by Crippen LogP contribution is -2.32. The lowest BCUT2D eigenvalue weighted by Gasteiger charge is -2.16. The van der Waals surface area contributed by atoms with Crippen LogP contribution in [-0.2, 0) is 4.79 Å². The van der Waals surface area contributed by atoms with Crippen molar-refractivity contribution in [2.75, 3.05) is 10.6 Å². The fourth-order valence-electron chi connectivity index (χ4n) is 2.84. The lowest BCUT2D eigenvalue weighted by atomic mass is 10.2. The zero-order valence-corrected chi connectivity index (χ0v) is 15.4. The van der Waals surface area contributed by atoms with Crippen molar-refractivity contribution in [1.29, 1.82) is 0 Å². The fraction of sp³-hybridized carbons (Fsp3) is 0.300. The minimum absolute atomic E-state index is 0.130. The second-order valence-electron chi connectivity index (χ2n) is 6.78. The van der Waals surface area contributed by atoms with E-state index < -0.39 is 6.04 Å². The van der Waals surface area contributed by atoms with Gasteiger partial charge >= 0.3 is 0 Å². The van der Waals surface area contributed by atoms with Crippen LogP contribution in [0.2, 0.25) is 5.02 Å². The van der Waals surface area contributed by atoms with E-state index in [9.17, 15) is 4.79 Å². The first-order valence-electron chi connectivity index (χ1n) is 8.74. The van der Waals surface area contributed by atoms with Crippen LogP contribution >= 0.6 is 11.6 Å². The molecule has 2 aromatic carbocycles.